The van der Waals surface area contributed by atoms with Gasteiger partial charge in [-0.15, -0.1) is 11.8 Å². The zero-order valence-electron chi connectivity index (χ0n) is 10.6. The number of benzene rings is 1. The Kier molecular flexibility index (Phi) is 4.95. The topological polar surface area (TPSA) is 22.1 Å². The van der Waals surface area contributed by atoms with Gasteiger partial charge in [-0.05, 0) is 17.7 Å². The Labute approximate surface area is 127 Å². The van der Waals surface area contributed by atoms with Gasteiger partial charge in [-0.25, -0.2) is 8.78 Å². The van der Waals surface area contributed by atoms with Crippen molar-refractivity contribution in [1.29, 1.82) is 0 Å². The van der Waals surface area contributed by atoms with Gasteiger partial charge < -0.3 is 4.74 Å². The highest BCUT2D eigenvalue weighted by atomic mass is 35.5. The van der Waals surface area contributed by atoms with Gasteiger partial charge in [0.15, 0.2) is 11.6 Å². The van der Waals surface area contributed by atoms with E-state index in [0.29, 0.717) is 28.1 Å². The van der Waals surface area contributed by atoms with Crippen LogP contribution in [0.2, 0.25) is 5.02 Å². The van der Waals surface area contributed by atoms with Gasteiger partial charge in [0, 0.05) is 5.75 Å². The molecule has 0 saturated heterocycles. The summed E-state index contributed by atoms with van der Waals surface area (Å²) in [7, 11) is 1.45. The number of methoxy groups -OCH3 is 1. The molecule has 0 saturated carbocycles. The Morgan fingerprint density at radius 3 is 2.29 bits per heavy atom. The van der Waals surface area contributed by atoms with E-state index in [-0.39, 0.29) is 5.75 Å². The van der Waals surface area contributed by atoms with Crippen molar-refractivity contribution < 1.29 is 22.3 Å². The fourth-order valence-electron chi connectivity index (χ4n) is 1.55. The Hall–Kier alpha value is -1.47. The summed E-state index contributed by atoms with van der Waals surface area (Å²) in [5.41, 5.74) is 0.613. The molecule has 2 aromatic rings. The van der Waals surface area contributed by atoms with Crippen LogP contribution in [-0.2, 0) is 5.75 Å². The molecule has 0 atom stereocenters. The molecule has 21 heavy (non-hydrogen) atoms. The van der Waals surface area contributed by atoms with Crippen molar-refractivity contribution in [3.8, 4) is 5.75 Å². The molecular weight excluding hydrogens is 330 g/mol. The molecule has 0 aliphatic heterocycles. The van der Waals surface area contributed by atoms with Crippen LogP contribution in [0.1, 0.15) is 5.56 Å². The van der Waals surface area contributed by atoms with E-state index < -0.39 is 28.4 Å². The standard InChI is InChI=1S/C13H8ClF4NOS/c1-20-8-3-2-6(4-7(8)14)5-21-11-9(15)12(17)19-13(18)10(11)16/h2-4H,5H2,1H3. The molecule has 0 N–H and O–H groups in total. The van der Waals surface area contributed by atoms with Gasteiger partial charge >= 0.3 is 0 Å². The van der Waals surface area contributed by atoms with Gasteiger partial charge in [0.1, 0.15) is 5.75 Å². The summed E-state index contributed by atoms with van der Waals surface area (Å²) in [5, 5.41) is 0.323. The summed E-state index contributed by atoms with van der Waals surface area (Å²) >= 11 is 6.52. The second-order valence-electron chi connectivity index (χ2n) is 3.91. The van der Waals surface area contributed by atoms with Gasteiger partial charge in [0.2, 0.25) is 0 Å². The number of rotatable bonds is 4. The first-order valence-corrected chi connectivity index (χ1v) is 6.95. The van der Waals surface area contributed by atoms with E-state index in [9.17, 15) is 17.6 Å². The monoisotopic (exact) mass is 337 g/mol. The lowest BCUT2D eigenvalue weighted by atomic mass is 10.2. The fourth-order valence-corrected chi connectivity index (χ4v) is 2.74. The summed E-state index contributed by atoms with van der Waals surface area (Å²) < 4.78 is 57.8. The molecule has 0 amide bonds. The Bertz CT molecular complexity index is 657. The Balaban J connectivity index is 2.22. The molecule has 0 spiro atoms. The van der Waals surface area contributed by atoms with E-state index >= 15 is 0 Å². The summed E-state index contributed by atoms with van der Waals surface area (Å²) in [6.45, 7) is 0. The fraction of sp³-hybridized carbons (Fsp3) is 0.154. The lowest BCUT2D eigenvalue weighted by Gasteiger charge is -2.08. The van der Waals surface area contributed by atoms with Crippen molar-refractivity contribution in [2.45, 2.75) is 10.6 Å². The lowest BCUT2D eigenvalue weighted by Crippen LogP contribution is -2.02. The number of hydrogen-bond acceptors (Lipinski definition) is 3. The molecule has 8 heteroatoms. The highest BCUT2D eigenvalue weighted by Gasteiger charge is 2.21. The molecular formula is C13H8ClF4NOS. The maximum atomic E-state index is 13.4. The highest BCUT2D eigenvalue weighted by Crippen LogP contribution is 2.32. The molecule has 2 nitrogen and oxygen atoms in total. The molecule has 2 rings (SSSR count). The molecule has 1 aromatic carbocycles. The molecule has 112 valence electrons. The van der Waals surface area contributed by atoms with E-state index in [2.05, 4.69) is 4.98 Å². The Morgan fingerprint density at radius 2 is 1.76 bits per heavy atom. The van der Waals surface area contributed by atoms with Crippen LogP contribution in [0.4, 0.5) is 17.6 Å². The van der Waals surface area contributed by atoms with Gasteiger partial charge in [-0.3, -0.25) is 0 Å². The lowest BCUT2D eigenvalue weighted by molar-refractivity contribution is 0.383. The average molecular weight is 338 g/mol. The minimum atomic E-state index is -1.68. The van der Waals surface area contributed by atoms with Crippen LogP contribution in [0.5, 0.6) is 5.75 Å². The number of ether oxygens (including phenoxy) is 1. The minimum Gasteiger partial charge on any atom is -0.495 e. The number of thioether (sulfide) groups is 1. The third-order valence-electron chi connectivity index (χ3n) is 2.56. The largest absolute Gasteiger partial charge is 0.495 e. The summed E-state index contributed by atoms with van der Waals surface area (Å²) in [4.78, 5) is 1.73. The third-order valence-corrected chi connectivity index (χ3v) is 3.98. The average Bonchev–Trinajstić information content (AvgIpc) is 2.45. The zero-order chi connectivity index (χ0) is 15.6. The van der Waals surface area contributed by atoms with Crippen molar-refractivity contribution in [3.63, 3.8) is 0 Å². The zero-order valence-corrected chi connectivity index (χ0v) is 12.2. The number of pyridine rings is 1. The van der Waals surface area contributed by atoms with E-state index in [1.807, 2.05) is 0 Å². The van der Waals surface area contributed by atoms with Crippen LogP contribution in [0.15, 0.2) is 23.1 Å². The highest BCUT2D eigenvalue weighted by molar-refractivity contribution is 7.98. The first-order chi connectivity index (χ1) is 9.93. The Morgan fingerprint density at radius 1 is 1.14 bits per heavy atom. The van der Waals surface area contributed by atoms with Crippen LogP contribution in [0, 0.1) is 23.5 Å². The summed E-state index contributed by atoms with van der Waals surface area (Å²) in [6.07, 6.45) is 0. The van der Waals surface area contributed by atoms with E-state index in [1.165, 1.54) is 13.2 Å². The van der Waals surface area contributed by atoms with E-state index in [4.69, 9.17) is 16.3 Å². The molecule has 0 unspecified atom stereocenters. The normalized spacial score (nSPS) is 10.8. The second-order valence-corrected chi connectivity index (χ2v) is 5.30. The maximum absolute atomic E-state index is 13.4. The molecule has 0 radical (unpaired) electrons. The van der Waals surface area contributed by atoms with Crippen LogP contribution in [0.25, 0.3) is 0 Å². The van der Waals surface area contributed by atoms with Crippen LogP contribution < -0.4 is 4.74 Å². The molecule has 1 aromatic heterocycles. The van der Waals surface area contributed by atoms with Crippen molar-refractivity contribution in [2.24, 2.45) is 0 Å². The number of aromatic nitrogens is 1. The van der Waals surface area contributed by atoms with Crippen molar-refractivity contribution >= 4 is 23.4 Å². The number of hydrogen-bond donors (Lipinski definition) is 0. The van der Waals surface area contributed by atoms with Crippen molar-refractivity contribution in [2.75, 3.05) is 7.11 Å². The van der Waals surface area contributed by atoms with Crippen LogP contribution in [-0.4, -0.2) is 12.1 Å². The molecule has 0 bridgehead atoms. The first-order valence-electron chi connectivity index (χ1n) is 5.59. The number of halogens is 5. The minimum absolute atomic E-state index is 0.0699. The second kappa shape index (κ2) is 6.53. The van der Waals surface area contributed by atoms with Crippen LogP contribution in [0.3, 0.4) is 0 Å². The van der Waals surface area contributed by atoms with Gasteiger partial charge in [0.25, 0.3) is 11.9 Å². The maximum Gasteiger partial charge on any atom is 0.252 e. The molecule has 1 heterocycles. The SMILES string of the molecule is COc1ccc(CSc2c(F)c(F)nc(F)c2F)cc1Cl. The van der Waals surface area contributed by atoms with Gasteiger partial charge in [-0.1, -0.05) is 17.7 Å². The van der Waals surface area contributed by atoms with Crippen molar-refractivity contribution in [1.82, 2.24) is 4.98 Å². The van der Waals surface area contributed by atoms with Crippen LogP contribution >= 0.6 is 23.4 Å². The molecule has 0 aliphatic carbocycles. The first kappa shape index (κ1) is 15.9. The summed E-state index contributed by atoms with van der Waals surface area (Å²) in [6, 6.07) is 4.75. The smallest absolute Gasteiger partial charge is 0.252 e. The molecule has 0 fully saturated rings. The van der Waals surface area contributed by atoms with Crippen molar-refractivity contribution in [3.05, 3.63) is 52.3 Å². The van der Waals surface area contributed by atoms with E-state index in [0.717, 1.165) is 0 Å². The van der Waals surface area contributed by atoms with E-state index in [1.54, 1.807) is 12.1 Å². The van der Waals surface area contributed by atoms with Gasteiger partial charge in [-0.2, -0.15) is 13.8 Å². The predicted molar refractivity (Wildman–Crippen MR) is 71.6 cm³/mol. The van der Waals surface area contributed by atoms with Gasteiger partial charge in [0.05, 0.1) is 17.0 Å². The third kappa shape index (κ3) is 3.41. The molecule has 0 aliphatic rings. The number of nitrogens with zero attached hydrogens (tertiary/aromatic N) is 1. The predicted octanol–water partition coefficient (Wildman–Crippen LogP) is 4.59. The quantitative estimate of drug-likeness (QED) is 0.463. The summed E-state index contributed by atoms with van der Waals surface area (Å²) in [5.74, 6) is -5.87.